The summed E-state index contributed by atoms with van der Waals surface area (Å²) in [5.74, 6) is 0. The van der Waals surface area contributed by atoms with Gasteiger partial charge in [0.05, 0.1) is 5.60 Å². The van der Waals surface area contributed by atoms with E-state index in [1.807, 2.05) is 40.7 Å². The molecule has 76 valence electrons. The summed E-state index contributed by atoms with van der Waals surface area (Å²) in [5, 5.41) is 0. The molecule has 0 aliphatic carbocycles. The lowest BCUT2D eigenvalue weighted by atomic mass is 10.2. The molecule has 0 spiro atoms. The lowest BCUT2D eigenvalue weighted by Crippen LogP contribution is -2.22. The van der Waals surface area contributed by atoms with Gasteiger partial charge in [0.2, 0.25) is 0 Å². The highest BCUT2D eigenvalue weighted by Gasteiger charge is 2.13. The summed E-state index contributed by atoms with van der Waals surface area (Å²) < 4.78 is 0. The van der Waals surface area contributed by atoms with Gasteiger partial charge in [0, 0.05) is 0 Å². The van der Waals surface area contributed by atoms with Gasteiger partial charge in [-0.3, -0.25) is 0 Å². The number of hydrogen-bond donors (Lipinski definition) is 0. The highest BCUT2D eigenvalue weighted by Crippen LogP contribution is 2.11. The lowest BCUT2D eigenvalue weighted by molar-refractivity contribution is -0.357. The lowest BCUT2D eigenvalue weighted by Gasteiger charge is -2.20. The summed E-state index contributed by atoms with van der Waals surface area (Å²) in [4.78, 5) is 10.3. The average molecular weight is 184 g/mol. The van der Waals surface area contributed by atoms with E-state index in [1.54, 1.807) is 6.08 Å². The summed E-state index contributed by atoms with van der Waals surface area (Å²) in [6.07, 6.45) is 3.50. The molecule has 0 aromatic heterocycles. The zero-order chi connectivity index (χ0) is 10.5. The molecule has 0 rings (SSSR count). The van der Waals surface area contributed by atoms with Gasteiger partial charge in [-0.25, -0.2) is 9.78 Å². The zero-order valence-electron chi connectivity index (χ0n) is 9.26. The summed E-state index contributed by atoms with van der Waals surface area (Å²) in [6.45, 7) is 13.5. The third-order valence-corrected chi connectivity index (χ3v) is 1.14. The minimum Gasteiger partial charge on any atom is -0.230 e. The van der Waals surface area contributed by atoms with E-state index in [1.165, 1.54) is 5.57 Å². The van der Waals surface area contributed by atoms with Crippen LogP contribution in [0.4, 0.5) is 0 Å². The van der Waals surface area contributed by atoms with Crippen LogP contribution in [0.1, 0.15) is 34.6 Å². The molecule has 0 N–H and O–H groups in total. The van der Waals surface area contributed by atoms with Crippen molar-refractivity contribution in [2.45, 2.75) is 46.3 Å². The molecule has 0 radical (unpaired) electrons. The van der Waals surface area contributed by atoms with Gasteiger partial charge in [-0.1, -0.05) is 17.7 Å². The second-order valence-electron chi connectivity index (χ2n) is 4.24. The topological polar surface area (TPSA) is 18.5 Å². The summed E-state index contributed by atoms with van der Waals surface area (Å²) >= 11 is 0. The summed E-state index contributed by atoms with van der Waals surface area (Å²) in [5.41, 5.74) is 0.902. The molecule has 0 saturated carbocycles. The van der Waals surface area contributed by atoms with E-state index in [-0.39, 0.29) is 11.7 Å². The Kier molecular flexibility index (Phi) is 4.96. The Morgan fingerprint density at radius 1 is 1.31 bits per heavy atom. The van der Waals surface area contributed by atoms with Crippen LogP contribution < -0.4 is 0 Å². The van der Waals surface area contributed by atoms with Crippen LogP contribution in [0.5, 0.6) is 0 Å². The van der Waals surface area contributed by atoms with Crippen LogP contribution in [0, 0.1) is 0 Å². The molecule has 0 fully saturated rings. The fraction of sp³-hybridized carbons (Fsp3) is 0.636. The maximum Gasteiger partial charge on any atom is 0.129 e. The second-order valence-corrected chi connectivity index (χ2v) is 4.24. The van der Waals surface area contributed by atoms with Gasteiger partial charge in [0.15, 0.2) is 0 Å². The van der Waals surface area contributed by atoms with Crippen molar-refractivity contribution in [1.82, 2.24) is 0 Å². The van der Waals surface area contributed by atoms with E-state index in [0.29, 0.717) is 0 Å². The Morgan fingerprint density at radius 3 is 2.15 bits per heavy atom. The Balaban J connectivity index is 4.01. The molecular formula is C11H20O2. The van der Waals surface area contributed by atoms with Gasteiger partial charge in [-0.2, -0.15) is 0 Å². The van der Waals surface area contributed by atoms with E-state index >= 15 is 0 Å². The predicted octanol–water partition coefficient (Wildman–Crippen LogP) is 3.25. The first kappa shape index (κ1) is 12.4. The molecular weight excluding hydrogens is 164 g/mol. The molecule has 0 aliphatic rings. The highest BCUT2D eigenvalue weighted by molar-refractivity contribution is 5.04. The molecule has 2 heteroatoms. The summed E-state index contributed by atoms with van der Waals surface area (Å²) in [6, 6.07) is 0. The molecule has 13 heavy (non-hydrogen) atoms. The van der Waals surface area contributed by atoms with Gasteiger partial charge in [-0.05, 0) is 34.6 Å². The quantitative estimate of drug-likeness (QED) is 0.379. The van der Waals surface area contributed by atoms with E-state index in [9.17, 15) is 0 Å². The molecule has 2 nitrogen and oxygen atoms in total. The third kappa shape index (κ3) is 7.75. The van der Waals surface area contributed by atoms with E-state index in [2.05, 4.69) is 6.58 Å². The zero-order valence-corrected chi connectivity index (χ0v) is 9.26. The van der Waals surface area contributed by atoms with Crippen LogP contribution in [0.25, 0.3) is 0 Å². The molecule has 0 aromatic carbocycles. The van der Waals surface area contributed by atoms with Crippen LogP contribution >= 0.6 is 0 Å². The monoisotopic (exact) mass is 184 g/mol. The minimum atomic E-state index is -0.281. The van der Waals surface area contributed by atoms with Gasteiger partial charge >= 0.3 is 0 Å². The second kappa shape index (κ2) is 5.20. The predicted molar refractivity (Wildman–Crippen MR) is 55.3 cm³/mol. The summed E-state index contributed by atoms with van der Waals surface area (Å²) in [7, 11) is 0. The first-order chi connectivity index (χ1) is 5.85. The maximum absolute atomic E-state index is 5.17. The Hall–Kier alpha value is -0.600. The number of allylic oxidation sites excluding steroid dienone is 1. The molecule has 0 amide bonds. The van der Waals surface area contributed by atoms with Crippen molar-refractivity contribution in [1.29, 1.82) is 0 Å². The van der Waals surface area contributed by atoms with E-state index in [0.717, 1.165) is 0 Å². The molecule has 0 aromatic rings. The first-order valence-corrected chi connectivity index (χ1v) is 4.47. The standard InChI is InChI=1S/C11H20O2/c1-7-10(8-9(2)3)12-13-11(4,5)6/h7-8,10H,1H2,2-6H3. The van der Waals surface area contributed by atoms with Crippen LogP contribution in [0.15, 0.2) is 24.3 Å². The highest BCUT2D eigenvalue weighted by atomic mass is 17.2. The van der Waals surface area contributed by atoms with Gasteiger partial charge in [0.25, 0.3) is 0 Å². The van der Waals surface area contributed by atoms with Gasteiger partial charge in [-0.15, -0.1) is 6.58 Å². The molecule has 1 atom stereocenters. The SMILES string of the molecule is C=CC(C=C(C)C)OOC(C)(C)C. The van der Waals surface area contributed by atoms with Crippen molar-refractivity contribution in [3.05, 3.63) is 24.3 Å². The van der Waals surface area contributed by atoms with Crippen molar-refractivity contribution in [2.24, 2.45) is 0 Å². The smallest absolute Gasteiger partial charge is 0.129 e. The Morgan fingerprint density at radius 2 is 1.85 bits per heavy atom. The van der Waals surface area contributed by atoms with Crippen molar-refractivity contribution >= 4 is 0 Å². The molecule has 0 heterocycles. The van der Waals surface area contributed by atoms with Crippen LogP contribution in [-0.2, 0) is 9.78 Å². The fourth-order valence-electron chi connectivity index (χ4n) is 0.664. The Labute approximate surface area is 81.2 Å². The van der Waals surface area contributed by atoms with Gasteiger partial charge < -0.3 is 0 Å². The molecule has 0 aliphatic heterocycles. The van der Waals surface area contributed by atoms with E-state index in [4.69, 9.17) is 9.78 Å². The van der Waals surface area contributed by atoms with Crippen molar-refractivity contribution < 1.29 is 9.78 Å². The fourth-order valence-corrected chi connectivity index (χ4v) is 0.664. The van der Waals surface area contributed by atoms with Crippen LogP contribution in [0.2, 0.25) is 0 Å². The first-order valence-electron chi connectivity index (χ1n) is 4.47. The van der Waals surface area contributed by atoms with E-state index < -0.39 is 0 Å². The van der Waals surface area contributed by atoms with Crippen molar-refractivity contribution in [3.63, 3.8) is 0 Å². The number of rotatable bonds is 4. The normalized spacial score (nSPS) is 13.6. The average Bonchev–Trinajstić information content (AvgIpc) is 1.95. The molecule has 0 bridgehead atoms. The third-order valence-electron chi connectivity index (χ3n) is 1.14. The Bertz CT molecular complexity index is 183. The van der Waals surface area contributed by atoms with Crippen LogP contribution in [-0.4, -0.2) is 11.7 Å². The van der Waals surface area contributed by atoms with Crippen molar-refractivity contribution in [2.75, 3.05) is 0 Å². The molecule has 1 unspecified atom stereocenters. The van der Waals surface area contributed by atoms with Crippen molar-refractivity contribution in [3.8, 4) is 0 Å². The van der Waals surface area contributed by atoms with Gasteiger partial charge in [0.1, 0.15) is 6.10 Å². The minimum absolute atomic E-state index is 0.163. The molecule has 0 saturated heterocycles. The largest absolute Gasteiger partial charge is 0.230 e. The van der Waals surface area contributed by atoms with Crippen LogP contribution in [0.3, 0.4) is 0 Å². The number of hydrogen-bond acceptors (Lipinski definition) is 2. The maximum atomic E-state index is 5.17.